The zero-order chi connectivity index (χ0) is 23.8. The molecule has 0 aromatic heterocycles. The van der Waals surface area contributed by atoms with E-state index in [0.717, 1.165) is 17.5 Å². The molecule has 0 spiro atoms. The van der Waals surface area contributed by atoms with Crippen molar-refractivity contribution in [2.24, 2.45) is 0 Å². The van der Waals surface area contributed by atoms with Crippen LogP contribution in [0, 0.1) is 6.92 Å². The van der Waals surface area contributed by atoms with E-state index in [1.807, 2.05) is 48.2 Å². The lowest BCUT2D eigenvalue weighted by atomic mass is 9.97. The molecule has 2 heterocycles. The molecule has 2 amide bonds. The molecule has 6 nitrogen and oxygen atoms in total. The lowest BCUT2D eigenvalue weighted by Gasteiger charge is -2.31. The zero-order valence-electron chi connectivity index (χ0n) is 19.5. The van der Waals surface area contributed by atoms with Crippen molar-refractivity contribution in [1.29, 1.82) is 0 Å². The van der Waals surface area contributed by atoms with Gasteiger partial charge in [-0.3, -0.25) is 9.59 Å². The molecule has 0 atom stereocenters. The number of benzene rings is 3. The van der Waals surface area contributed by atoms with Crippen LogP contribution in [0.2, 0.25) is 0 Å². The number of fused-ring (bicyclic) bond motifs is 1. The molecule has 0 aliphatic carbocycles. The fourth-order valence-electron chi connectivity index (χ4n) is 4.67. The van der Waals surface area contributed by atoms with E-state index in [2.05, 4.69) is 12.1 Å². The third kappa shape index (κ3) is 3.61. The second-order valence-electron chi connectivity index (χ2n) is 8.51. The summed E-state index contributed by atoms with van der Waals surface area (Å²) in [7, 11) is 3.07. The predicted molar refractivity (Wildman–Crippen MR) is 131 cm³/mol. The number of imide groups is 1. The largest absolute Gasteiger partial charge is 0.497 e. The summed E-state index contributed by atoms with van der Waals surface area (Å²) in [4.78, 5) is 31.1. The number of amides is 2. The first-order chi connectivity index (χ1) is 16.5. The fraction of sp³-hybridized carbons (Fsp3) is 0.214. The maximum Gasteiger partial charge on any atom is 0.282 e. The number of aryl methyl sites for hydroxylation is 1. The topological polar surface area (TPSA) is 59.1 Å². The van der Waals surface area contributed by atoms with Crippen LogP contribution >= 0.6 is 0 Å². The fourth-order valence-corrected chi connectivity index (χ4v) is 4.67. The maximum atomic E-state index is 14.0. The van der Waals surface area contributed by atoms with Gasteiger partial charge in [0.25, 0.3) is 11.8 Å². The van der Waals surface area contributed by atoms with Gasteiger partial charge in [-0.25, -0.2) is 4.90 Å². The second-order valence-corrected chi connectivity index (χ2v) is 8.51. The van der Waals surface area contributed by atoms with Gasteiger partial charge in [0.1, 0.15) is 17.2 Å². The number of methoxy groups -OCH3 is 2. The van der Waals surface area contributed by atoms with Crippen LogP contribution < -0.4 is 14.4 Å². The predicted octanol–water partition coefficient (Wildman–Crippen LogP) is 4.36. The summed E-state index contributed by atoms with van der Waals surface area (Å²) in [6.07, 6.45) is 0.810. The highest BCUT2D eigenvalue weighted by atomic mass is 16.5. The Labute approximate surface area is 199 Å². The van der Waals surface area contributed by atoms with Gasteiger partial charge in [0.05, 0.1) is 25.5 Å². The summed E-state index contributed by atoms with van der Waals surface area (Å²) in [6, 6.07) is 21.1. The molecule has 5 rings (SSSR count). The standard InChI is InChI=1S/C28H26N2O4/c1-18-8-10-20(11-9-18)25-26(29-15-14-19-6-4-5-7-21(19)17-29)28(32)30(27(25)31)23-16-22(33-2)12-13-24(23)34-3/h4-13,16H,14-15,17H2,1-3H3. The Kier molecular flexibility index (Phi) is 5.57. The average molecular weight is 455 g/mol. The van der Waals surface area contributed by atoms with Crippen LogP contribution in [0.25, 0.3) is 5.57 Å². The van der Waals surface area contributed by atoms with Gasteiger partial charge in [-0.1, -0.05) is 54.1 Å². The third-order valence-electron chi connectivity index (χ3n) is 6.47. The number of carbonyl (C=O) groups is 2. The molecular weight excluding hydrogens is 428 g/mol. The Hall–Kier alpha value is -4.06. The molecule has 0 fully saturated rings. The van der Waals surface area contributed by atoms with E-state index < -0.39 is 0 Å². The summed E-state index contributed by atoms with van der Waals surface area (Å²) in [5.74, 6) is 0.241. The Balaban J connectivity index is 1.64. The van der Waals surface area contributed by atoms with E-state index in [9.17, 15) is 9.59 Å². The molecule has 2 aliphatic rings. The minimum absolute atomic E-state index is 0.355. The highest BCUT2D eigenvalue weighted by Gasteiger charge is 2.44. The van der Waals surface area contributed by atoms with Gasteiger partial charge >= 0.3 is 0 Å². The van der Waals surface area contributed by atoms with Crippen LogP contribution in [0.3, 0.4) is 0 Å². The molecule has 0 N–H and O–H groups in total. The molecule has 2 aliphatic heterocycles. The number of nitrogens with zero attached hydrogens (tertiary/aromatic N) is 2. The Bertz CT molecular complexity index is 1310. The number of rotatable bonds is 5. The monoisotopic (exact) mass is 454 g/mol. The van der Waals surface area contributed by atoms with E-state index in [-0.39, 0.29) is 11.8 Å². The van der Waals surface area contributed by atoms with E-state index in [1.54, 1.807) is 25.3 Å². The summed E-state index contributed by atoms with van der Waals surface area (Å²) < 4.78 is 10.9. The summed E-state index contributed by atoms with van der Waals surface area (Å²) in [5, 5.41) is 0. The highest BCUT2D eigenvalue weighted by Crippen LogP contribution is 2.41. The van der Waals surface area contributed by atoms with Crippen LogP contribution in [0.4, 0.5) is 5.69 Å². The van der Waals surface area contributed by atoms with Crippen LogP contribution in [0.1, 0.15) is 22.3 Å². The van der Waals surface area contributed by atoms with Gasteiger partial charge in [-0.05, 0) is 42.2 Å². The maximum absolute atomic E-state index is 14.0. The number of carbonyl (C=O) groups excluding carboxylic acids is 2. The van der Waals surface area contributed by atoms with Crippen molar-refractivity contribution in [2.75, 3.05) is 25.7 Å². The van der Waals surface area contributed by atoms with Crippen LogP contribution in [-0.4, -0.2) is 37.5 Å². The van der Waals surface area contributed by atoms with E-state index in [1.165, 1.54) is 23.1 Å². The normalized spacial score (nSPS) is 15.6. The Morgan fingerprint density at radius 2 is 1.56 bits per heavy atom. The number of ether oxygens (including phenoxy) is 2. The first-order valence-corrected chi connectivity index (χ1v) is 11.3. The average Bonchev–Trinajstić information content (AvgIpc) is 3.13. The minimum Gasteiger partial charge on any atom is -0.497 e. The van der Waals surface area contributed by atoms with Crippen LogP contribution in [-0.2, 0) is 22.6 Å². The quantitative estimate of drug-likeness (QED) is 0.537. The molecule has 0 saturated heterocycles. The summed E-state index contributed by atoms with van der Waals surface area (Å²) in [6.45, 7) is 3.22. The number of anilines is 1. The van der Waals surface area contributed by atoms with Crippen LogP contribution in [0.5, 0.6) is 11.5 Å². The van der Waals surface area contributed by atoms with Crippen molar-refractivity contribution in [3.05, 3.63) is 94.7 Å². The highest BCUT2D eigenvalue weighted by molar-refractivity contribution is 6.45. The minimum atomic E-state index is -0.366. The Morgan fingerprint density at radius 1 is 0.824 bits per heavy atom. The second kappa shape index (κ2) is 8.71. The smallest absolute Gasteiger partial charge is 0.282 e. The van der Waals surface area contributed by atoms with Gasteiger partial charge in [-0.2, -0.15) is 0 Å². The van der Waals surface area contributed by atoms with Gasteiger partial charge in [0.2, 0.25) is 0 Å². The molecule has 0 bridgehead atoms. The van der Waals surface area contributed by atoms with Crippen molar-refractivity contribution in [1.82, 2.24) is 4.90 Å². The van der Waals surface area contributed by atoms with Crippen molar-refractivity contribution in [2.45, 2.75) is 19.9 Å². The SMILES string of the molecule is COc1ccc(OC)c(N2C(=O)C(c3ccc(C)cc3)=C(N3CCc4ccccc4C3)C2=O)c1. The summed E-state index contributed by atoms with van der Waals surface area (Å²) in [5.41, 5.74) is 5.46. The lowest BCUT2D eigenvalue weighted by Crippen LogP contribution is -2.37. The summed E-state index contributed by atoms with van der Waals surface area (Å²) >= 11 is 0. The zero-order valence-corrected chi connectivity index (χ0v) is 19.5. The Morgan fingerprint density at radius 3 is 2.26 bits per heavy atom. The third-order valence-corrected chi connectivity index (χ3v) is 6.47. The van der Waals surface area contributed by atoms with Gasteiger partial charge in [0.15, 0.2) is 0 Å². The number of hydrogen-bond acceptors (Lipinski definition) is 5. The first kappa shape index (κ1) is 21.8. The van der Waals surface area contributed by atoms with Gasteiger partial charge in [-0.15, -0.1) is 0 Å². The van der Waals surface area contributed by atoms with E-state index in [0.29, 0.717) is 41.5 Å². The van der Waals surface area contributed by atoms with E-state index in [4.69, 9.17) is 9.47 Å². The molecule has 6 heteroatoms. The number of hydrogen-bond donors (Lipinski definition) is 0. The molecule has 3 aromatic carbocycles. The van der Waals surface area contributed by atoms with Crippen molar-refractivity contribution in [3.8, 4) is 11.5 Å². The molecule has 0 unspecified atom stereocenters. The molecular formula is C28H26N2O4. The molecule has 172 valence electrons. The molecule has 0 saturated carbocycles. The molecule has 0 radical (unpaired) electrons. The first-order valence-electron chi connectivity index (χ1n) is 11.3. The van der Waals surface area contributed by atoms with Crippen LogP contribution in [0.15, 0.2) is 72.4 Å². The lowest BCUT2D eigenvalue weighted by molar-refractivity contribution is -0.120. The van der Waals surface area contributed by atoms with Crippen molar-refractivity contribution in [3.63, 3.8) is 0 Å². The van der Waals surface area contributed by atoms with E-state index >= 15 is 0 Å². The molecule has 34 heavy (non-hydrogen) atoms. The van der Waals surface area contributed by atoms with Crippen molar-refractivity contribution < 1.29 is 19.1 Å². The van der Waals surface area contributed by atoms with Gasteiger partial charge < -0.3 is 14.4 Å². The van der Waals surface area contributed by atoms with Gasteiger partial charge in [0, 0.05) is 19.2 Å². The van der Waals surface area contributed by atoms with Crippen molar-refractivity contribution >= 4 is 23.1 Å². The molecule has 3 aromatic rings.